The number of guanidine groups is 1. The minimum atomic E-state index is 0. The van der Waals surface area contributed by atoms with Gasteiger partial charge in [-0.3, -0.25) is 4.99 Å². The van der Waals surface area contributed by atoms with Crippen molar-refractivity contribution in [3.05, 3.63) is 0 Å². The summed E-state index contributed by atoms with van der Waals surface area (Å²) in [6.07, 6.45) is 4.60. The molecular formula is C15H34IN3OS. The van der Waals surface area contributed by atoms with Crippen molar-refractivity contribution < 1.29 is 4.74 Å². The van der Waals surface area contributed by atoms with Crippen molar-refractivity contribution in [2.75, 3.05) is 38.2 Å². The largest absolute Gasteiger partial charge is 0.378 e. The Morgan fingerprint density at radius 3 is 2.48 bits per heavy atom. The first-order chi connectivity index (χ1) is 9.65. The van der Waals surface area contributed by atoms with Crippen LogP contribution in [0.5, 0.6) is 0 Å². The number of aliphatic imine (C=N–C) groups is 1. The highest BCUT2D eigenvalue weighted by Gasteiger charge is 2.12. The highest BCUT2D eigenvalue weighted by molar-refractivity contribution is 14.0. The van der Waals surface area contributed by atoms with Crippen LogP contribution >= 0.6 is 35.7 Å². The molecule has 0 aromatic carbocycles. The van der Waals surface area contributed by atoms with Gasteiger partial charge in [-0.25, -0.2) is 0 Å². The Labute approximate surface area is 152 Å². The summed E-state index contributed by atoms with van der Waals surface area (Å²) in [5.41, 5.74) is 0. The van der Waals surface area contributed by atoms with Crippen LogP contribution in [0.15, 0.2) is 4.99 Å². The number of ether oxygens (including phenoxy) is 1. The molecule has 6 heteroatoms. The SMILES string of the molecule is CCNC(=NCCCSC)NCCC(OCC)C(C)C.I. The van der Waals surface area contributed by atoms with E-state index in [-0.39, 0.29) is 24.0 Å². The van der Waals surface area contributed by atoms with Crippen LogP contribution in [-0.4, -0.2) is 50.3 Å². The average Bonchev–Trinajstić information content (AvgIpc) is 2.42. The van der Waals surface area contributed by atoms with Crippen molar-refractivity contribution in [2.45, 2.75) is 46.6 Å². The average molecular weight is 431 g/mol. The molecule has 0 saturated heterocycles. The van der Waals surface area contributed by atoms with Crippen molar-refractivity contribution in [2.24, 2.45) is 10.9 Å². The second kappa shape index (κ2) is 16.7. The van der Waals surface area contributed by atoms with E-state index in [4.69, 9.17) is 4.74 Å². The zero-order valence-electron chi connectivity index (χ0n) is 14.3. The Bertz CT molecular complexity index is 253. The Balaban J connectivity index is 0. The Kier molecular flexibility index (Phi) is 18.7. The molecule has 2 N–H and O–H groups in total. The van der Waals surface area contributed by atoms with E-state index in [1.165, 1.54) is 5.75 Å². The second-order valence-corrected chi connectivity index (χ2v) is 6.05. The molecule has 0 saturated carbocycles. The smallest absolute Gasteiger partial charge is 0.191 e. The molecular weight excluding hydrogens is 397 g/mol. The van der Waals surface area contributed by atoms with E-state index < -0.39 is 0 Å². The first-order valence-corrected chi connectivity index (χ1v) is 9.17. The summed E-state index contributed by atoms with van der Waals surface area (Å²) < 4.78 is 5.76. The summed E-state index contributed by atoms with van der Waals surface area (Å²) in [5.74, 6) is 2.65. The van der Waals surface area contributed by atoms with Gasteiger partial charge >= 0.3 is 0 Å². The van der Waals surface area contributed by atoms with Crippen molar-refractivity contribution in [1.82, 2.24) is 10.6 Å². The summed E-state index contributed by atoms with van der Waals surface area (Å²) in [6, 6.07) is 0. The van der Waals surface area contributed by atoms with Gasteiger partial charge in [0.25, 0.3) is 0 Å². The number of nitrogens with one attached hydrogen (secondary N) is 2. The highest BCUT2D eigenvalue weighted by Crippen LogP contribution is 2.09. The number of thioether (sulfide) groups is 1. The zero-order valence-corrected chi connectivity index (χ0v) is 17.4. The molecule has 0 aliphatic carbocycles. The van der Waals surface area contributed by atoms with Crippen LogP contribution < -0.4 is 10.6 Å². The first-order valence-electron chi connectivity index (χ1n) is 7.78. The lowest BCUT2D eigenvalue weighted by molar-refractivity contribution is 0.0258. The molecule has 0 aromatic heterocycles. The molecule has 0 heterocycles. The van der Waals surface area contributed by atoms with Gasteiger partial charge in [0.05, 0.1) is 6.10 Å². The number of halogens is 1. The summed E-state index contributed by atoms with van der Waals surface area (Å²) in [4.78, 5) is 4.58. The minimum absolute atomic E-state index is 0. The minimum Gasteiger partial charge on any atom is -0.378 e. The van der Waals surface area contributed by atoms with E-state index in [9.17, 15) is 0 Å². The summed E-state index contributed by atoms with van der Waals surface area (Å²) in [7, 11) is 0. The third-order valence-corrected chi connectivity index (χ3v) is 3.66. The first kappa shape index (κ1) is 23.6. The molecule has 128 valence electrons. The maximum atomic E-state index is 5.76. The van der Waals surface area contributed by atoms with Crippen LogP contribution in [0.1, 0.15) is 40.5 Å². The maximum Gasteiger partial charge on any atom is 0.191 e. The molecule has 0 fully saturated rings. The number of hydrogen-bond acceptors (Lipinski definition) is 3. The van der Waals surface area contributed by atoms with E-state index >= 15 is 0 Å². The molecule has 0 radical (unpaired) electrons. The van der Waals surface area contributed by atoms with Gasteiger partial charge in [0.15, 0.2) is 5.96 Å². The summed E-state index contributed by atoms with van der Waals surface area (Å²) >= 11 is 1.87. The predicted molar refractivity (Wildman–Crippen MR) is 107 cm³/mol. The highest BCUT2D eigenvalue weighted by atomic mass is 127. The molecule has 4 nitrogen and oxygen atoms in total. The second-order valence-electron chi connectivity index (χ2n) is 5.06. The van der Waals surface area contributed by atoms with Crippen molar-refractivity contribution in [1.29, 1.82) is 0 Å². The van der Waals surface area contributed by atoms with Crippen LogP contribution in [0.3, 0.4) is 0 Å². The fourth-order valence-electron chi connectivity index (χ4n) is 1.90. The molecule has 21 heavy (non-hydrogen) atoms. The Morgan fingerprint density at radius 2 is 1.95 bits per heavy atom. The van der Waals surface area contributed by atoms with Gasteiger partial charge in [0.2, 0.25) is 0 Å². The summed E-state index contributed by atoms with van der Waals surface area (Å²) in [5, 5.41) is 6.68. The van der Waals surface area contributed by atoms with Crippen molar-refractivity contribution in [3.8, 4) is 0 Å². The Hall–Kier alpha value is 0.310. The van der Waals surface area contributed by atoms with E-state index in [1.54, 1.807) is 0 Å². The number of hydrogen-bond donors (Lipinski definition) is 2. The molecule has 0 bridgehead atoms. The van der Waals surface area contributed by atoms with Crippen LogP contribution in [0.25, 0.3) is 0 Å². The molecule has 0 amide bonds. The van der Waals surface area contributed by atoms with Crippen LogP contribution in [0.4, 0.5) is 0 Å². The number of rotatable bonds is 11. The lowest BCUT2D eigenvalue weighted by atomic mass is 10.0. The fraction of sp³-hybridized carbons (Fsp3) is 0.933. The Morgan fingerprint density at radius 1 is 1.24 bits per heavy atom. The van der Waals surface area contributed by atoms with E-state index in [1.807, 2.05) is 11.8 Å². The molecule has 0 aromatic rings. The quantitative estimate of drug-likeness (QED) is 0.228. The topological polar surface area (TPSA) is 45.7 Å². The van der Waals surface area contributed by atoms with Gasteiger partial charge in [0.1, 0.15) is 0 Å². The van der Waals surface area contributed by atoms with Gasteiger partial charge in [-0.1, -0.05) is 13.8 Å². The summed E-state index contributed by atoms with van der Waals surface area (Å²) in [6.45, 7) is 12.0. The third kappa shape index (κ3) is 13.7. The van der Waals surface area contributed by atoms with Gasteiger partial charge in [-0.2, -0.15) is 11.8 Å². The monoisotopic (exact) mass is 431 g/mol. The van der Waals surface area contributed by atoms with Gasteiger partial charge in [-0.15, -0.1) is 24.0 Å². The van der Waals surface area contributed by atoms with Gasteiger partial charge < -0.3 is 15.4 Å². The molecule has 1 unspecified atom stereocenters. The molecule has 0 rings (SSSR count). The molecule has 1 atom stereocenters. The van der Waals surface area contributed by atoms with E-state index in [0.717, 1.165) is 45.0 Å². The lowest BCUT2D eigenvalue weighted by Crippen LogP contribution is -2.39. The van der Waals surface area contributed by atoms with Gasteiger partial charge in [0, 0.05) is 26.2 Å². The predicted octanol–water partition coefficient (Wildman–Crippen LogP) is 3.36. The zero-order chi connectivity index (χ0) is 15.2. The molecule has 0 aliphatic rings. The third-order valence-electron chi connectivity index (χ3n) is 2.97. The van der Waals surface area contributed by atoms with E-state index in [2.05, 4.69) is 49.6 Å². The fourth-order valence-corrected chi connectivity index (χ4v) is 2.32. The van der Waals surface area contributed by atoms with Crippen LogP contribution in [0, 0.1) is 5.92 Å². The maximum absolute atomic E-state index is 5.76. The normalized spacial score (nSPS) is 13.0. The van der Waals surface area contributed by atoms with E-state index in [0.29, 0.717) is 12.0 Å². The van der Waals surface area contributed by atoms with Crippen molar-refractivity contribution >= 4 is 41.7 Å². The standard InChI is InChI=1S/C15H33N3OS.HI/c1-6-16-15(17-10-8-12-20-5)18-11-9-14(13(3)4)19-7-2;/h13-14H,6-12H2,1-5H3,(H2,16,17,18);1H. The molecule has 0 aliphatic heterocycles. The van der Waals surface area contributed by atoms with Gasteiger partial charge in [-0.05, 0) is 44.6 Å². The molecule has 0 spiro atoms. The van der Waals surface area contributed by atoms with Crippen LogP contribution in [-0.2, 0) is 4.74 Å². The van der Waals surface area contributed by atoms with Crippen molar-refractivity contribution in [3.63, 3.8) is 0 Å². The lowest BCUT2D eigenvalue weighted by Gasteiger charge is -2.21. The number of nitrogens with zero attached hydrogens (tertiary/aromatic N) is 1. The van der Waals surface area contributed by atoms with Crippen LogP contribution in [0.2, 0.25) is 0 Å².